The Hall–Kier alpha value is -4.02. The van der Waals surface area contributed by atoms with Crippen LogP contribution in [0.5, 0.6) is 0 Å². The molecule has 0 saturated carbocycles. The third kappa shape index (κ3) is 5.96. The molecule has 4 aromatic carbocycles. The summed E-state index contributed by atoms with van der Waals surface area (Å²) in [6.45, 7) is 4.06. The predicted octanol–water partition coefficient (Wildman–Crippen LogP) is 7.06. The predicted molar refractivity (Wildman–Crippen MR) is 153 cm³/mol. The molecule has 0 atom stereocenters. The first-order chi connectivity index (χ1) is 19.8. The van der Waals surface area contributed by atoms with E-state index in [9.17, 15) is 30.8 Å². The molecule has 42 heavy (non-hydrogen) atoms. The number of halogens is 4. The Labute approximate surface area is 241 Å². The number of nitrogens with one attached hydrogen (secondary N) is 1. The van der Waals surface area contributed by atoms with Gasteiger partial charge in [-0.25, -0.2) is 12.8 Å². The second-order valence-electron chi connectivity index (χ2n) is 10.4. The molecule has 5 rings (SSSR count). The number of rotatable bonds is 6. The number of sulfonamides is 1. The smallest absolute Gasteiger partial charge is 0.325 e. The van der Waals surface area contributed by atoms with Crippen molar-refractivity contribution in [3.63, 3.8) is 0 Å². The molecule has 1 amide bonds. The number of amides is 1. The van der Waals surface area contributed by atoms with Crippen molar-refractivity contribution in [1.29, 1.82) is 0 Å². The van der Waals surface area contributed by atoms with Crippen LogP contribution in [-0.2, 0) is 40.4 Å². The average Bonchev–Trinajstić information content (AvgIpc) is 2.94. The highest BCUT2D eigenvalue weighted by Crippen LogP contribution is 2.35. The van der Waals surface area contributed by atoms with Crippen molar-refractivity contribution in [3.8, 4) is 11.1 Å². The number of aryl methyl sites for hydroxylation is 2. The van der Waals surface area contributed by atoms with Crippen LogP contribution in [0.2, 0.25) is 0 Å². The topological polar surface area (TPSA) is 66.5 Å². The van der Waals surface area contributed by atoms with Crippen LogP contribution in [0.15, 0.2) is 83.8 Å². The van der Waals surface area contributed by atoms with E-state index in [1.54, 1.807) is 37.3 Å². The van der Waals surface area contributed by atoms with Crippen molar-refractivity contribution in [1.82, 2.24) is 4.31 Å². The lowest BCUT2D eigenvalue weighted by atomic mass is 9.95. The molecule has 5 nitrogen and oxygen atoms in total. The van der Waals surface area contributed by atoms with Gasteiger partial charge in [0, 0.05) is 24.3 Å². The lowest BCUT2D eigenvalue weighted by molar-refractivity contribution is -0.140. The minimum atomic E-state index is -4.82. The minimum Gasteiger partial charge on any atom is -0.325 e. The van der Waals surface area contributed by atoms with Crippen molar-refractivity contribution in [2.24, 2.45) is 0 Å². The van der Waals surface area contributed by atoms with Gasteiger partial charge in [-0.05, 0) is 66.3 Å². The van der Waals surface area contributed by atoms with Gasteiger partial charge in [0.05, 0.1) is 16.9 Å². The Kier molecular flexibility index (Phi) is 7.96. The van der Waals surface area contributed by atoms with E-state index in [0.717, 1.165) is 33.9 Å². The van der Waals surface area contributed by atoms with Gasteiger partial charge in [0.15, 0.2) is 0 Å². The van der Waals surface area contributed by atoms with E-state index in [4.69, 9.17) is 0 Å². The normalized spacial score (nSPS) is 14.0. The Morgan fingerprint density at radius 1 is 0.952 bits per heavy atom. The fourth-order valence-electron chi connectivity index (χ4n) is 5.20. The van der Waals surface area contributed by atoms with Gasteiger partial charge < -0.3 is 5.32 Å². The number of benzene rings is 4. The van der Waals surface area contributed by atoms with Crippen molar-refractivity contribution >= 4 is 21.6 Å². The van der Waals surface area contributed by atoms with Gasteiger partial charge >= 0.3 is 6.18 Å². The van der Waals surface area contributed by atoms with E-state index in [-0.39, 0.29) is 30.0 Å². The largest absolute Gasteiger partial charge is 0.419 e. The molecule has 10 heteroatoms. The molecule has 1 aliphatic heterocycles. The highest BCUT2D eigenvalue weighted by Gasteiger charge is 2.34. The molecule has 4 aromatic rings. The molecule has 0 unspecified atom stereocenters. The Balaban J connectivity index is 1.37. The quantitative estimate of drug-likeness (QED) is 0.243. The number of fused-ring (bicyclic) bond motifs is 1. The first-order valence-electron chi connectivity index (χ1n) is 13.3. The van der Waals surface area contributed by atoms with Gasteiger partial charge in [-0.15, -0.1) is 0 Å². The Bertz CT molecular complexity index is 1770. The third-order valence-electron chi connectivity index (χ3n) is 7.41. The van der Waals surface area contributed by atoms with Crippen molar-refractivity contribution in [3.05, 3.63) is 118 Å². The number of anilines is 1. The van der Waals surface area contributed by atoms with Crippen LogP contribution in [0.4, 0.5) is 23.2 Å². The maximum Gasteiger partial charge on any atom is 0.419 e. The third-order valence-corrected chi connectivity index (χ3v) is 9.31. The Morgan fingerprint density at radius 3 is 2.36 bits per heavy atom. The number of hydrogen-bond donors (Lipinski definition) is 1. The lowest BCUT2D eigenvalue weighted by Crippen LogP contribution is -2.36. The van der Waals surface area contributed by atoms with E-state index in [0.29, 0.717) is 29.8 Å². The van der Waals surface area contributed by atoms with Crippen LogP contribution in [0, 0.1) is 19.7 Å². The zero-order valence-corrected chi connectivity index (χ0v) is 23.7. The number of carbonyl (C=O) groups excluding carboxylic acids is 1. The first kappa shape index (κ1) is 29.5. The van der Waals surface area contributed by atoms with E-state index in [2.05, 4.69) is 5.32 Å². The molecule has 1 N–H and O–H groups in total. The molecule has 1 aliphatic rings. The Morgan fingerprint density at radius 2 is 1.67 bits per heavy atom. The molecule has 218 valence electrons. The molecule has 0 saturated heterocycles. The molecule has 0 radical (unpaired) electrons. The van der Waals surface area contributed by atoms with Crippen LogP contribution in [0.25, 0.3) is 11.1 Å². The molecular weight excluding hydrogens is 568 g/mol. The maximum atomic E-state index is 14.0. The zero-order chi connectivity index (χ0) is 30.2. The first-order valence-corrected chi connectivity index (χ1v) is 14.7. The molecule has 0 fully saturated rings. The summed E-state index contributed by atoms with van der Waals surface area (Å²) in [6, 6.07) is 20.6. The molecule has 0 spiro atoms. The molecule has 0 aliphatic carbocycles. The second-order valence-corrected chi connectivity index (χ2v) is 12.3. The fourth-order valence-corrected chi connectivity index (χ4v) is 6.83. The summed E-state index contributed by atoms with van der Waals surface area (Å²) >= 11 is 0. The number of carbonyl (C=O) groups is 1. The molecular formula is C32H28F4N2O3S. The highest BCUT2D eigenvalue weighted by atomic mass is 32.2. The summed E-state index contributed by atoms with van der Waals surface area (Å²) in [5.41, 5.74) is 4.00. The van der Waals surface area contributed by atoms with Gasteiger partial charge in [-0.1, -0.05) is 66.2 Å². The van der Waals surface area contributed by atoms with Crippen LogP contribution in [0.1, 0.15) is 33.4 Å². The van der Waals surface area contributed by atoms with E-state index in [1.807, 2.05) is 37.3 Å². The highest BCUT2D eigenvalue weighted by molar-refractivity contribution is 7.89. The summed E-state index contributed by atoms with van der Waals surface area (Å²) in [6.07, 6.45) is -4.81. The average molecular weight is 597 g/mol. The number of alkyl halides is 3. The molecule has 1 heterocycles. The van der Waals surface area contributed by atoms with E-state index < -0.39 is 33.5 Å². The minimum absolute atomic E-state index is 0.102. The zero-order valence-electron chi connectivity index (χ0n) is 22.9. The summed E-state index contributed by atoms with van der Waals surface area (Å²) < 4.78 is 81.8. The summed E-state index contributed by atoms with van der Waals surface area (Å²) in [7, 11) is -3.87. The van der Waals surface area contributed by atoms with E-state index >= 15 is 0 Å². The number of hydrogen-bond acceptors (Lipinski definition) is 3. The van der Waals surface area contributed by atoms with Gasteiger partial charge in [0.2, 0.25) is 15.9 Å². The van der Waals surface area contributed by atoms with Crippen LogP contribution in [0.3, 0.4) is 0 Å². The summed E-state index contributed by atoms with van der Waals surface area (Å²) in [4.78, 5) is 13.1. The summed E-state index contributed by atoms with van der Waals surface area (Å²) in [5, 5.41) is 2.82. The molecule has 0 aromatic heterocycles. The SMILES string of the molecule is Cc1ccc(-c2ccccc2S(=O)(=O)N2CCc3c(ccc(C)c3NC(=O)Cc3ccc(C(F)(F)F)c(F)c3)C2)cc1. The standard InChI is InChI=1S/C32H28F4N2O3S/c1-20-7-11-23(12-8-20)25-5-3-4-6-29(25)42(40,41)38-16-15-26-24(19-38)13-9-21(2)31(26)37-30(39)18-22-10-14-27(28(33)17-22)32(34,35)36/h3-14,17H,15-16,18-19H2,1-2H3,(H,37,39). The number of nitrogens with zero attached hydrogens (tertiary/aromatic N) is 1. The van der Waals surface area contributed by atoms with Crippen molar-refractivity contribution in [2.75, 3.05) is 11.9 Å². The molecule has 0 bridgehead atoms. The van der Waals surface area contributed by atoms with Gasteiger partial charge in [0.1, 0.15) is 5.82 Å². The van der Waals surface area contributed by atoms with Crippen molar-refractivity contribution < 1.29 is 30.8 Å². The van der Waals surface area contributed by atoms with Gasteiger partial charge in [-0.2, -0.15) is 17.5 Å². The van der Waals surface area contributed by atoms with E-state index in [1.165, 1.54) is 4.31 Å². The second kappa shape index (κ2) is 11.3. The van der Waals surface area contributed by atoms with Gasteiger partial charge in [-0.3, -0.25) is 4.79 Å². The van der Waals surface area contributed by atoms with Crippen LogP contribution < -0.4 is 5.32 Å². The van der Waals surface area contributed by atoms with Gasteiger partial charge in [0.25, 0.3) is 0 Å². The van der Waals surface area contributed by atoms with Crippen molar-refractivity contribution in [2.45, 2.75) is 44.3 Å². The summed E-state index contributed by atoms with van der Waals surface area (Å²) in [5.74, 6) is -1.96. The maximum absolute atomic E-state index is 14.0. The monoisotopic (exact) mass is 596 g/mol. The van der Waals surface area contributed by atoms with Crippen LogP contribution >= 0.6 is 0 Å². The fraction of sp³-hybridized carbons (Fsp3) is 0.219. The lowest BCUT2D eigenvalue weighted by Gasteiger charge is -2.30. The van der Waals surface area contributed by atoms with Crippen LogP contribution in [-0.4, -0.2) is 25.2 Å².